The van der Waals surface area contributed by atoms with E-state index in [0.717, 1.165) is 6.42 Å². The highest BCUT2D eigenvalue weighted by molar-refractivity contribution is 6.29. The van der Waals surface area contributed by atoms with Crippen LogP contribution in [0.15, 0.2) is 12.3 Å². The first-order valence-corrected chi connectivity index (χ1v) is 6.00. The predicted molar refractivity (Wildman–Crippen MR) is 70.1 cm³/mol. The molecule has 1 heterocycles. The molecule has 17 heavy (non-hydrogen) atoms. The number of hydrogen-bond donors (Lipinski definition) is 1. The molecule has 4 nitrogen and oxygen atoms in total. The highest BCUT2D eigenvalue weighted by atomic mass is 35.5. The van der Waals surface area contributed by atoms with Crippen molar-refractivity contribution in [2.45, 2.75) is 20.3 Å². The summed E-state index contributed by atoms with van der Waals surface area (Å²) < 4.78 is 0. The van der Waals surface area contributed by atoms with E-state index in [1.165, 1.54) is 12.3 Å². The van der Waals surface area contributed by atoms with Gasteiger partial charge in [-0.05, 0) is 12.0 Å². The van der Waals surface area contributed by atoms with Gasteiger partial charge < -0.3 is 10.6 Å². The summed E-state index contributed by atoms with van der Waals surface area (Å²) in [6.45, 7) is 4.90. The van der Waals surface area contributed by atoms with Crippen LogP contribution in [0, 0.1) is 5.92 Å². The van der Waals surface area contributed by atoms with Crippen molar-refractivity contribution in [3.05, 3.63) is 23.0 Å². The summed E-state index contributed by atoms with van der Waals surface area (Å²) in [6.07, 6.45) is 2.44. The minimum Gasteiger partial charge on any atom is -0.397 e. The van der Waals surface area contributed by atoms with Gasteiger partial charge in [-0.1, -0.05) is 31.9 Å². The molecular formula is C12H18ClN3O. The van der Waals surface area contributed by atoms with Gasteiger partial charge in [-0.2, -0.15) is 0 Å². The van der Waals surface area contributed by atoms with Crippen molar-refractivity contribution in [1.29, 1.82) is 0 Å². The quantitative estimate of drug-likeness (QED) is 0.841. The van der Waals surface area contributed by atoms with Crippen LogP contribution in [0.3, 0.4) is 0 Å². The van der Waals surface area contributed by atoms with Gasteiger partial charge in [0.1, 0.15) is 5.15 Å². The van der Waals surface area contributed by atoms with Gasteiger partial charge in [-0.3, -0.25) is 4.79 Å². The maximum atomic E-state index is 12.1. The standard InChI is InChI=1S/C12H18ClN3O/c1-4-8(2)7-16(3)12(17)9-5-11(13)15-6-10(9)14/h5-6,8H,4,7,14H2,1-3H3. The largest absolute Gasteiger partial charge is 0.397 e. The van der Waals surface area contributed by atoms with E-state index in [1.807, 2.05) is 0 Å². The zero-order chi connectivity index (χ0) is 13.0. The summed E-state index contributed by atoms with van der Waals surface area (Å²) in [5.74, 6) is 0.342. The van der Waals surface area contributed by atoms with Crippen molar-refractivity contribution >= 4 is 23.2 Å². The predicted octanol–water partition coefficient (Wildman–Crippen LogP) is 2.44. The Morgan fingerprint density at radius 2 is 2.29 bits per heavy atom. The summed E-state index contributed by atoms with van der Waals surface area (Å²) in [6, 6.07) is 1.51. The molecule has 1 rings (SSSR count). The summed E-state index contributed by atoms with van der Waals surface area (Å²) in [5, 5.41) is 0.277. The molecule has 0 aliphatic heterocycles. The molecule has 5 heteroatoms. The topological polar surface area (TPSA) is 59.2 Å². The minimum absolute atomic E-state index is 0.118. The van der Waals surface area contributed by atoms with Gasteiger partial charge >= 0.3 is 0 Å². The van der Waals surface area contributed by atoms with E-state index in [2.05, 4.69) is 18.8 Å². The van der Waals surface area contributed by atoms with Gasteiger partial charge in [-0.25, -0.2) is 4.98 Å². The number of hydrogen-bond acceptors (Lipinski definition) is 3. The SMILES string of the molecule is CCC(C)CN(C)C(=O)c1cc(Cl)ncc1N. The lowest BCUT2D eigenvalue weighted by Crippen LogP contribution is -2.31. The molecule has 0 bridgehead atoms. The van der Waals surface area contributed by atoms with Crippen molar-refractivity contribution in [3.63, 3.8) is 0 Å². The molecule has 2 N–H and O–H groups in total. The number of halogens is 1. The number of carbonyl (C=O) groups excluding carboxylic acids is 1. The lowest BCUT2D eigenvalue weighted by molar-refractivity contribution is 0.0776. The number of anilines is 1. The van der Waals surface area contributed by atoms with Crippen molar-refractivity contribution in [2.75, 3.05) is 19.3 Å². The Kier molecular flexibility index (Phi) is 4.75. The van der Waals surface area contributed by atoms with Crippen LogP contribution < -0.4 is 5.73 Å². The molecule has 0 fully saturated rings. The van der Waals surface area contributed by atoms with Gasteiger partial charge in [0.25, 0.3) is 5.91 Å². The molecule has 1 aromatic rings. The fourth-order valence-corrected chi connectivity index (χ4v) is 1.67. The van der Waals surface area contributed by atoms with Gasteiger partial charge in [-0.15, -0.1) is 0 Å². The molecule has 0 aliphatic carbocycles. The average molecular weight is 256 g/mol. The summed E-state index contributed by atoms with van der Waals surface area (Å²) >= 11 is 5.76. The molecule has 0 saturated heterocycles. The maximum absolute atomic E-state index is 12.1. The molecule has 1 atom stereocenters. The van der Waals surface area contributed by atoms with Gasteiger partial charge in [0, 0.05) is 13.6 Å². The minimum atomic E-state index is -0.118. The Morgan fingerprint density at radius 1 is 1.65 bits per heavy atom. The van der Waals surface area contributed by atoms with Crippen LogP contribution in [0.4, 0.5) is 5.69 Å². The second kappa shape index (κ2) is 5.87. The van der Waals surface area contributed by atoms with Crippen LogP contribution in [0.5, 0.6) is 0 Å². The first kappa shape index (κ1) is 13.8. The number of nitrogens with zero attached hydrogens (tertiary/aromatic N) is 2. The number of nitrogens with two attached hydrogens (primary N) is 1. The number of rotatable bonds is 4. The van der Waals surface area contributed by atoms with Crippen LogP contribution in [0.1, 0.15) is 30.6 Å². The Hall–Kier alpha value is -1.29. The van der Waals surface area contributed by atoms with E-state index in [4.69, 9.17) is 17.3 Å². The number of aromatic nitrogens is 1. The Bertz CT molecular complexity index is 409. The van der Waals surface area contributed by atoms with Crippen LogP contribution in [-0.2, 0) is 0 Å². The van der Waals surface area contributed by atoms with Crippen LogP contribution in [0.25, 0.3) is 0 Å². The van der Waals surface area contributed by atoms with E-state index in [1.54, 1.807) is 11.9 Å². The fraction of sp³-hybridized carbons (Fsp3) is 0.500. The summed E-state index contributed by atoms with van der Waals surface area (Å²) in [7, 11) is 1.77. The molecule has 0 aromatic carbocycles. The molecule has 0 radical (unpaired) electrons. The van der Waals surface area contributed by atoms with Crippen molar-refractivity contribution in [1.82, 2.24) is 9.88 Å². The molecule has 0 saturated carbocycles. The van der Waals surface area contributed by atoms with Crippen LogP contribution >= 0.6 is 11.6 Å². The van der Waals surface area contributed by atoms with E-state index in [-0.39, 0.29) is 11.1 Å². The number of amides is 1. The van der Waals surface area contributed by atoms with Crippen LogP contribution in [-0.4, -0.2) is 29.4 Å². The smallest absolute Gasteiger partial charge is 0.255 e. The second-order valence-electron chi connectivity index (χ2n) is 4.29. The zero-order valence-electron chi connectivity index (χ0n) is 10.4. The number of nitrogen functional groups attached to an aromatic ring is 1. The third-order valence-corrected chi connectivity index (χ3v) is 2.97. The van der Waals surface area contributed by atoms with Crippen molar-refractivity contribution in [2.24, 2.45) is 5.92 Å². The normalized spacial score (nSPS) is 12.2. The molecule has 0 spiro atoms. The van der Waals surface area contributed by atoms with Crippen LogP contribution in [0.2, 0.25) is 5.15 Å². The lowest BCUT2D eigenvalue weighted by atomic mass is 10.1. The number of carbonyl (C=O) groups is 1. The summed E-state index contributed by atoms with van der Waals surface area (Å²) in [5.41, 5.74) is 6.49. The first-order valence-electron chi connectivity index (χ1n) is 5.62. The third kappa shape index (κ3) is 3.60. The zero-order valence-corrected chi connectivity index (χ0v) is 11.2. The highest BCUT2D eigenvalue weighted by Gasteiger charge is 2.17. The highest BCUT2D eigenvalue weighted by Crippen LogP contribution is 2.17. The van der Waals surface area contributed by atoms with Gasteiger partial charge in [0.2, 0.25) is 0 Å². The van der Waals surface area contributed by atoms with E-state index < -0.39 is 0 Å². The van der Waals surface area contributed by atoms with E-state index in [0.29, 0.717) is 23.7 Å². The summed E-state index contributed by atoms with van der Waals surface area (Å²) in [4.78, 5) is 17.6. The second-order valence-corrected chi connectivity index (χ2v) is 4.68. The molecule has 1 unspecified atom stereocenters. The monoisotopic (exact) mass is 255 g/mol. The molecule has 94 valence electrons. The molecular weight excluding hydrogens is 238 g/mol. The average Bonchev–Trinajstić information content (AvgIpc) is 2.31. The first-order chi connectivity index (χ1) is 7.95. The number of pyridine rings is 1. The Balaban J connectivity index is 2.85. The Labute approximate surface area is 107 Å². The van der Waals surface area contributed by atoms with Crippen molar-refractivity contribution in [3.8, 4) is 0 Å². The molecule has 1 amide bonds. The lowest BCUT2D eigenvalue weighted by Gasteiger charge is -2.21. The van der Waals surface area contributed by atoms with Crippen molar-refractivity contribution < 1.29 is 4.79 Å². The third-order valence-electron chi connectivity index (χ3n) is 2.76. The fourth-order valence-electron chi connectivity index (χ4n) is 1.51. The van der Waals surface area contributed by atoms with E-state index in [9.17, 15) is 4.79 Å². The Morgan fingerprint density at radius 3 is 2.88 bits per heavy atom. The van der Waals surface area contributed by atoms with Gasteiger partial charge in [0.05, 0.1) is 17.4 Å². The van der Waals surface area contributed by atoms with Gasteiger partial charge in [0.15, 0.2) is 0 Å². The van der Waals surface area contributed by atoms with E-state index >= 15 is 0 Å². The maximum Gasteiger partial charge on any atom is 0.255 e. The molecule has 1 aromatic heterocycles. The molecule has 0 aliphatic rings.